The summed E-state index contributed by atoms with van der Waals surface area (Å²) in [6, 6.07) is 3.90. The van der Waals surface area contributed by atoms with Gasteiger partial charge in [-0.25, -0.2) is 0 Å². The maximum Gasteiger partial charge on any atom is 0.231 e. The van der Waals surface area contributed by atoms with Gasteiger partial charge < -0.3 is 10.2 Å². The topological polar surface area (TPSA) is 66.8 Å². The molecule has 1 N–H and O–H groups in total. The minimum atomic E-state index is 0.613. The van der Waals surface area contributed by atoms with Gasteiger partial charge in [-0.05, 0) is 43.2 Å². The van der Waals surface area contributed by atoms with Gasteiger partial charge in [-0.3, -0.25) is 4.98 Å². The van der Waals surface area contributed by atoms with Gasteiger partial charge in [-0.2, -0.15) is 15.0 Å². The molecular weight excluding hydrogens is 284 g/mol. The third-order valence-electron chi connectivity index (χ3n) is 3.32. The van der Waals surface area contributed by atoms with Crippen LogP contribution in [0.15, 0.2) is 34.6 Å². The maximum atomic E-state index is 4.61. The minimum Gasteiger partial charge on any atom is -0.357 e. The molecule has 6 nitrogen and oxygen atoms in total. The van der Waals surface area contributed by atoms with E-state index in [9.17, 15) is 0 Å². The molecule has 110 valence electrons. The summed E-state index contributed by atoms with van der Waals surface area (Å²) in [6.07, 6.45) is 7.24. The molecule has 0 unspecified atom stereocenters. The average Bonchev–Trinajstić information content (AvgIpc) is 2.56. The van der Waals surface area contributed by atoms with Gasteiger partial charge in [-0.1, -0.05) is 0 Å². The number of hydrogen-bond donors (Lipinski definition) is 1. The largest absolute Gasteiger partial charge is 0.357 e. The highest BCUT2D eigenvalue weighted by atomic mass is 32.2. The molecule has 0 spiro atoms. The second kappa shape index (κ2) is 6.71. The van der Waals surface area contributed by atoms with Gasteiger partial charge in [-0.15, -0.1) is 0 Å². The van der Waals surface area contributed by atoms with Crippen LogP contribution in [0.2, 0.25) is 0 Å². The van der Waals surface area contributed by atoms with Gasteiger partial charge in [0.2, 0.25) is 11.9 Å². The van der Waals surface area contributed by atoms with Gasteiger partial charge in [0.05, 0.1) is 0 Å². The van der Waals surface area contributed by atoms with Gasteiger partial charge >= 0.3 is 0 Å². The van der Waals surface area contributed by atoms with E-state index in [1.54, 1.807) is 12.4 Å². The van der Waals surface area contributed by atoms with Crippen molar-refractivity contribution in [3.8, 4) is 0 Å². The van der Waals surface area contributed by atoms with Crippen molar-refractivity contribution >= 4 is 23.7 Å². The van der Waals surface area contributed by atoms with Crippen molar-refractivity contribution in [3.05, 3.63) is 24.5 Å². The van der Waals surface area contributed by atoms with Gasteiger partial charge in [0.15, 0.2) is 5.16 Å². The molecule has 0 aromatic carbocycles. The molecule has 0 amide bonds. The molecule has 3 heterocycles. The molecule has 0 atom stereocenters. The summed E-state index contributed by atoms with van der Waals surface area (Å²) < 4.78 is 0. The molecular formula is C14H18N6S. The van der Waals surface area contributed by atoms with Crippen LogP contribution in [0.1, 0.15) is 19.3 Å². The molecule has 1 saturated heterocycles. The lowest BCUT2D eigenvalue weighted by Crippen LogP contribution is -2.31. The van der Waals surface area contributed by atoms with Gasteiger partial charge in [0.25, 0.3) is 0 Å². The van der Waals surface area contributed by atoms with E-state index in [0.717, 1.165) is 23.9 Å². The molecule has 7 heteroatoms. The van der Waals surface area contributed by atoms with Gasteiger partial charge in [0, 0.05) is 37.4 Å². The first-order valence-corrected chi connectivity index (χ1v) is 7.93. The SMILES string of the molecule is CNc1nc(Sc2ccncc2)nc(N2CCCCC2)n1. The third-order valence-corrected chi connectivity index (χ3v) is 4.20. The van der Waals surface area contributed by atoms with Crippen molar-refractivity contribution in [3.63, 3.8) is 0 Å². The first-order valence-electron chi connectivity index (χ1n) is 7.12. The second-order valence-corrected chi connectivity index (χ2v) is 5.86. The number of piperidine rings is 1. The fourth-order valence-electron chi connectivity index (χ4n) is 2.25. The smallest absolute Gasteiger partial charge is 0.231 e. The normalized spacial score (nSPS) is 15.0. The molecule has 0 bridgehead atoms. The van der Waals surface area contributed by atoms with Crippen LogP contribution in [0.4, 0.5) is 11.9 Å². The third kappa shape index (κ3) is 3.60. The minimum absolute atomic E-state index is 0.613. The number of nitrogens with one attached hydrogen (secondary N) is 1. The van der Waals surface area contributed by atoms with E-state index in [-0.39, 0.29) is 0 Å². The summed E-state index contributed by atoms with van der Waals surface area (Å²) in [5.74, 6) is 1.38. The van der Waals surface area contributed by atoms with E-state index >= 15 is 0 Å². The highest BCUT2D eigenvalue weighted by Crippen LogP contribution is 2.26. The van der Waals surface area contributed by atoms with E-state index in [4.69, 9.17) is 0 Å². The van der Waals surface area contributed by atoms with Crippen LogP contribution >= 0.6 is 11.8 Å². The second-order valence-electron chi connectivity index (χ2n) is 4.82. The standard InChI is InChI=1S/C14H18N6S/c1-15-12-17-13(20-9-3-2-4-10-20)19-14(18-12)21-11-5-7-16-8-6-11/h5-8H,2-4,9-10H2,1H3,(H,15,17,18,19). The van der Waals surface area contributed by atoms with Crippen molar-refractivity contribution in [1.29, 1.82) is 0 Å². The Labute approximate surface area is 128 Å². The van der Waals surface area contributed by atoms with Crippen molar-refractivity contribution in [2.75, 3.05) is 30.4 Å². The summed E-state index contributed by atoms with van der Waals surface area (Å²) in [5, 5.41) is 3.73. The summed E-state index contributed by atoms with van der Waals surface area (Å²) in [4.78, 5) is 20.9. The van der Waals surface area contributed by atoms with E-state index in [1.165, 1.54) is 31.0 Å². The Kier molecular flexibility index (Phi) is 4.49. The Balaban J connectivity index is 1.85. The molecule has 1 aliphatic rings. The van der Waals surface area contributed by atoms with Crippen molar-refractivity contribution in [2.24, 2.45) is 0 Å². The zero-order chi connectivity index (χ0) is 14.5. The average molecular weight is 302 g/mol. The predicted molar refractivity (Wildman–Crippen MR) is 83.8 cm³/mol. The number of hydrogen-bond acceptors (Lipinski definition) is 7. The number of anilines is 2. The highest BCUT2D eigenvalue weighted by molar-refractivity contribution is 7.99. The van der Waals surface area contributed by atoms with Crippen LogP contribution in [-0.4, -0.2) is 40.1 Å². The van der Waals surface area contributed by atoms with Crippen LogP contribution in [0.3, 0.4) is 0 Å². The van der Waals surface area contributed by atoms with Crippen molar-refractivity contribution in [2.45, 2.75) is 29.3 Å². The van der Waals surface area contributed by atoms with Crippen LogP contribution in [-0.2, 0) is 0 Å². The Hall–Kier alpha value is -1.89. The Morgan fingerprint density at radius 1 is 1.05 bits per heavy atom. The Morgan fingerprint density at radius 3 is 2.52 bits per heavy atom. The fraction of sp³-hybridized carbons (Fsp3) is 0.429. The predicted octanol–water partition coefficient (Wildman–Crippen LogP) is 2.45. The number of aromatic nitrogens is 4. The Morgan fingerprint density at radius 2 is 1.81 bits per heavy atom. The lowest BCUT2D eigenvalue weighted by atomic mass is 10.1. The molecule has 1 aliphatic heterocycles. The summed E-state index contributed by atoms with van der Waals surface area (Å²) in [7, 11) is 1.83. The first-order chi connectivity index (χ1) is 10.3. The molecule has 2 aromatic heterocycles. The Bertz CT molecular complexity index is 585. The van der Waals surface area contributed by atoms with Crippen LogP contribution in [0, 0.1) is 0 Å². The molecule has 0 radical (unpaired) electrons. The van der Waals surface area contributed by atoms with Crippen LogP contribution in [0.25, 0.3) is 0 Å². The zero-order valence-electron chi connectivity index (χ0n) is 12.0. The van der Waals surface area contributed by atoms with Crippen LogP contribution in [0.5, 0.6) is 0 Å². The van der Waals surface area contributed by atoms with Crippen LogP contribution < -0.4 is 10.2 Å². The molecule has 2 aromatic rings. The zero-order valence-corrected chi connectivity index (χ0v) is 12.8. The fourth-order valence-corrected chi connectivity index (χ4v) is 2.98. The molecule has 0 saturated carbocycles. The molecule has 1 fully saturated rings. The van der Waals surface area contributed by atoms with E-state index in [1.807, 2.05) is 19.2 Å². The molecule has 0 aliphatic carbocycles. The monoisotopic (exact) mass is 302 g/mol. The molecule has 21 heavy (non-hydrogen) atoms. The van der Waals surface area contributed by atoms with E-state index < -0.39 is 0 Å². The maximum absolute atomic E-state index is 4.61. The number of nitrogens with zero attached hydrogens (tertiary/aromatic N) is 5. The van der Waals surface area contributed by atoms with E-state index in [0.29, 0.717) is 11.1 Å². The lowest BCUT2D eigenvalue weighted by molar-refractivity contribution is 0.565. The lowest BCUT2D eigenvalue weighted by Gasteiger charge is -2.26. The van der Waals surface area contributed by atoms with Crippen molar-refractivity contribution < 1.29 is 0 Å². The summed E-state index contributed by atoms with van der Waals surface area (Å²) >= 11 is 1.53. The summed E-state index contributed by atoms with van der Waals surface area (Å²) in [5.41, 5.74) is 0. The summed E-state index contributed by atoms with van der Waals surface area (Å²) in [6.45, 7) is 2.04. The van der Waals surface area contributed by atoms with Gasteiger partial charge in [0.1, 0.15) is 0 Å². The quantitative estimate of drug-likeness (QED) is 0.930. The van der Waals surface area contributed by atoms with Crippen molar-refractivity contribution in [1.82, 2.24) is 19.9 Å². The highest BCUT2D eigenvalue weighted by Gasteiger charge is 2.16. The first kappa shape index (κ1) is 14.1. The number of rotatable bonds is 4. The molecule has 3 rings (SSSR count). The van der Waals surface area contributed by atoms with E-state index in [2.05, 4.69) is 30.2 Å². The number of pyridine rings is 1.